The van der Waals surface area contributed by atoms with E-state index in [1.165, 1.54) is 5.69 Å². The van der Waals surface area contributed by atoms with E-state index in [0.29, 0.717) is 13.2 Å². The van der Waals surface area contributed by atoms with Crippen LogP contribution in [0.25, 0.3) is 0 Å². The van der Waals surface area contributed by atoms with Crippen molar-refractivity contribution in [3.05, 3.63) is 18.2 Å². The van der Waals surface area contributed by atoms with Gasteiger partial charge in [-0.05, 0) is 25.5 Å². The fourth-order valence-corrected chi connectivity index (χ4v) is 2.43. The van der Waals surface area contributed by atoms with Crippen molar-refractivity contribution in [1.29, 1.82) is 0 Å². The summed E-state index contributed by atoms with van der Waals surface area (Å²) in [5.74, 6) is 1.69. The molecule has 0 aliphatic carbocycles. The summed E-state index contributed by atoms with van der Waals surface area (Å²) >= 11 is 0. The number of hydrogen-bond donors (Lipinski definition) is 1. The molecule has 0 radical (unpaired) electrons. The summed E-state index contributed by atoms with van der Waals surface area (Å²) in [6.45, 7) is 5.27. The highest BCUT2D eigenvalue weighted by Gasteiger charge is 2.30. The highest BCUT2D eigenvalue weighted by atomic mass is 16.6. The Balaban J connectivity index is 1.84. The molecule has 3 rings (SSSR count). The minimum Gasteiger partial charge on any atom is -0.486 e. The molecule has 2 N–H and O–H groups in total. The number of anilines is 1. The third-order valence-corrected chi connectivity index (χ3v) is 3.40. The Morgan fingerprint density at radius 3 is 2.71 bits per heavy atom. The summed E-state index contributed by atoms with van der Waals surface area (Å²) in [7, 11) is 0. The standard InChI is InChI=1S/C13H18N2O2/c1-13(14)4-5-15(9-13)10-2-3-11-12(8-10)17-7-6-16-11/h2-3,8H,4-7,9,14H2,1H3. The predicted molar refractivity (Wildman–Crippen MR) is 66.9 cm³/mol. The van der Waals surface area contributed by atoms with Gasteiger partial charge in [-0.3, -0.25) is 0 Å². The number of ether oxygens (including phenoxy) is 2. The molecule has 92 valence electrons. The first kappa shape index (κ1) is 10.7. The lowest BCUT2D eigenvalue weighted by Crippen LogP contribution is -2.39. The fourth-order valence-electron chi connectivity index (χ4n) is 2.43. The maximum atomic E-state index is 6.15. The molecule has 17 heavy (non-hydrogen) atoms. The second-order valence-corrected chi connectivity index (χ2v) is 5.15. The van der Waals surface area contributed by atoms with Crippen molar-refractivity contribution in [2.75, 3.05) is 31.2 Å². The molecule has 1 aromatic carbocycles. The van der Waals surface area contributed by atoms with Gasteiger partial charge in [0.2, 0.25) is 0 Å². The maximum absolute atomic E-state index is 6.15. The molecule has 1 saturated heterocycles. The molecule has 2 aliphatic heterocycles. The quantitative estimate of drug-likeness (QED) is 0.797. The van der Waals surface area contributed by atoms with Gasteiger partial charge in [-0.15, -0.1) is 0 Å². The summed E-state index contributed by atoms with van der Waals surface area (Å²) in [6.07, 6.45) is 1.03. The fraction of sp³-hybridized carbons (Fsp3) is 0.538. The zero-order valence-corrected chi connectivity index (χ0v) is 10.1. The number of nitrogens with two attached hydrogens (primary N) is 1. The minimum absolute atomic E-state index is 0.0761. The molecular weight excluding hydrogens is 216 g/mol. The van der Waals surface area contributed by atoms with Crippen molar-refractivity contribution < 1.29 is 9.47 Å². The Morgan fingerprint density at radius 2 is 2.00 bits per heavy atom. The molecule has 4 heteroatoms. The monoisotopic (exact) mass is 234 g/mol. The van der Waals surface area contributed by atoms with E-state index in [9.17, 15) is 0 Å². The number of fused-ring (bicyclic) bond motifs is 1. The minimum atomic E-state index is -0.0761. The Kier molecular flexibility index (Phi) is 2.40. The number of nitrogens with zero attached hydrogens (tertiary/aromatic N) is 1. The zero-order valence-electron chi connectivity index (χ0n) is 10.1. The highest BCUT2D eigenvalue weighted by Crippen LogP contribution is 2.35. The molecule has 1 atom stereocenters. The smallest absolute Gasteiger partial charge is 0.163 e. The van der Waals surface area contributed by atoms with Crippen molar-refractivity contribution in [1.82, 2.24) is 0 Å². The van der Waals surface area contributed by atoms with Crippen LogP contribution in [0.3, 0.4) is 0 Å². The lowest BCUT2D eigenvalue weighted by molar-refractivity contribution is 0.171. The van der Waals surface area contributed by atoms with Gasteiger partial charge >= 0.3 is 0 Å². The molecule has 2 heterocycles. The van der Waals surface area contributed by atoms with Crippen molar-refractivity contribution in [3.63, 3.8) is 0 Å². The highest BCUT2D eigenvalue weighted by molar-refractivity contribution is 5.57. The van der Waals surface area contributed by atoms with Gasteiger partial charge in [0.25, 0.3) is 0 Å². The molecule has 1 aromatic rings. The Morgan fingerprint density at radius 1 is 1.24 bits per heavy atom. The van der Waals surface area contributed by atoms with Gasteiger partial charge in [0.15, 0.2) is 11.5 Å². The van der Waals surface area contributed by atoms with Crippen molar-refractivity contribution >= 4 is 5.69 Å². The van der Waals surface area contributed by atoms with Crippen molar-refractivity contribution in [2.45, 2.75) is 18.9 Å². The van der Waals surface area contributed by atoms with E-state index in [-0.39, 0.29) is 5.54 Å². The zero-order chi connectivity index (χ0) is 11.9. The second-order valence-electron chi connectivity index (χ2n) is 5.15. The first-order valence-corrected chi connectivity index (χ1v) is 6.08. The summed E-state index contributed by atoms with van der Waals surface area (Å²) in [4.78, 5) is 2.30. The lowest BCUT2D eigenvalue weighted by atomic mass is 10.0. The van der Waals surface area contributed by atoms with Crippen LogP contribution in [-0.4, -0.2) is 31.8 Å². The maximum Gasteiger partial charge on any atom is 0.163 e. The van der Waals surface area contributed by atoms with Gasteiger partial charge < -0.3 is 20.1 Å². The molecule has 4 nitrogen and oxygen atoms in total. The Bertz CT molecular complexity index is 431. The average molecular weight is 234 g/mol. The van der Waals surface area contributed by atoms with Gasteiger partial charge in [-0.2, -0.15) is 0 Å². The second kappa shape index (κ2) is 3.81. The summed E-state index contributed by atoms with van der Waals surface area (Å²) < 4.78 is 11.1. The van der Waals surface area contributed by atoms with Gasteiger partial charge in [0, 0.05) is 30.4 Å². The molecule has 0 amide bonds. The van der Waals surface area contributed by atoms with Crippen LogP contribution in [0.5, 0.6) is 11.5 Å². The Labute approximate surface area is 101 Å². The van der Waals surface area contributed by atoms with Gasteiger partial charge in [0.05, 0.1) is 0 Å². The van der Waals surface area contributed by atoms with Crippen LogP contribution < -0.4 is 20.1 Å². The van der Waals surface area contributed by atoms with E-state index in [4.69, 9.17) is 15.2 Å². The third kappa shape index (κ3) is 2.05. The van der Waals surface area contributed by atoms with Crippen LogP contribution in [0.1, 0.15) is 13.3 Å². The largest absolute Gasteiger partial charge is 0.486 e. The SMILES string of the molecule is CC1(N)CCN(c2ccc3c(c2)OCCO3)C1. The normalized spacial score (nSPS) is 27.3. The molecule has 1 fully saturated rings. The Hall–Kier alpha value is -1.42. The van der Waals surface area contributed by atoms with Crippen molar-refractivity contribution in [3.8, 4) is 11.5 Å². The van der Waals surface area contributed by atoms with Gasteiger partial charge in [0.1, 0.15) is 13.2 Å². The van der Waals surface area contributed by atoms with Crippen LogP contribution in [-0.2, 0) is 0 Å². The molecule has 0 bridgehead atoms. The van der Waals surface area contributed by atoms with Crippen LogP contribution in [0.2, 0.25) is 0 Å². The lowest BCUT2D eigenvalue weighted by Gasteiger charge is -2.24. The van der Waals surface area contributed by atoms with Gasteiger partial charge in [-0.25, -0.2) is 0 Å². The van der Waals surface area contributed by atoms with E-state index < -0.39 is 0 Å². The van der Waals surface area contributed by atoms with E-state index in [1.54, 1.807) is 0 Å². The van der Waals surface area contributed by atoms with E-state index in [0.717, 1.165) is 31.0 Å². The number of rotatable bonds is 1. The summed E-state index contributed by atoms with van der Waals surface area (Å²) in [5, 5.41) is 0. The van der Waals surface area contributed by atoms with Crippen LogP contribution >= 0.6 is 0 Å². The molecule has 1 unspecified atom stereocenters. The van der Waals surface area contributed by atoms with Crippen LogP contribution in [0.15, 0.2) is 18.2 Å². The molecule has 0 saturated carbocycles. The first-order valence-electron chi connectivity index (χ1n) is 6.08. The summed E-state index contributed by atoms with van der Waals surface area (Å²) in [5.41, 5.74) is 7.24. The summed E-state index contributed by atoms with van der Waals surface area (Å²) in [6, 6.07) is 6.11. The van der Waals surface area contributed by atoms with Crippen LogP contribution in [0, 0.1) is 0 Å². The average Bonchev–Trinajstić information content (AvgIpc) is 2.69. The van der Waals surface area contributed by atoms with Crippen molar-refractivity contribution in [2.24, 2.45) is 5.73 Å². The topological polar surface area (TPSA) is 47.7 Å². The molecule has 2 aliphatic rings. The van der Waals surface area contributed by atoms with Crippen LogP contribution in [0.4, 0.5) is 5.69 Å². The number of benzene rings is 1. The van der Waals surface area contributed by atoms with E-state index in [2.05, 4.69) is 24.0 Å². The molecule has 0 aromatic heterocycles. The van der Waals surface area contributed by atoms with E-state index in [1.807, 2.05) is 6.07 Å². The third-order valence-electron chi connectivity index (χ3n) is 3.40. The van der Waals surface area contributed by atoms with Gasteiger partial charge in [-0.1, -0.05) is 0 Å². The molecular formula is C13H18N2O2. The van der Waals surface area contributed by atoms with E-state index >= 15 is 0 Å². The predicted octanol–water partition coefficient (Wildman–Crippen LogP) is 1.39. The number of hydrogen-bond acceptors (Lipinski definition) is 4. The first-order chi connectivity index (χ1) is 8.14. The molecule has 0 spiro atoms.